The summed E-state index contributed by atoms with van der Waals surface area (Å²) >= 11 is 0. The molecule has 2 aliphatic heterocycles. The number of carbonyl (C=O) groups is 1. The number of aliphatic hydroxyl groups is 1. The van der Waals surface area contributed by atoms with Crippen LogP contribution in [0.5, 0.6) is 0 Å². The van der Waals surface area contributed by atoms with Gasteiger partial charge < -0.3 is 20.1 Å². The molecule has 2 rings (SSSR count). The zero-order valence-electron chi connectivity index (χ0n) is 12.6. The maximum atomic E-state index is 12.2. The van der Waals surface area contributed by atoms with E-state index in [2.05, 4.69) is 5.32 Å². The number of hydrogen-bond donors (Lipinski definition) is 2. The Hall–Kier alpha value is -0.650. The van der Waals surface area contributed by atoms with Gasteiger partial charge in [-0.25, -0.2) is 0 Å². The van der Waals surface area contributed by atoms with Crippen molar-refractivity contribution < 1.29 is 14.6 Å². The van der Waals surface area contributed by atoms with Gasteiger partial charge in [0.15, 0.2) is 0 Å². The number of carbonyl (C=O) groups excluding carboxylic acids is 1. The summed E-state index contributed by atoms with van der Waals surface area (Å²) in [5.41, 5.74) is -0.750. The van der Waals surface area contributed by atoms with Crippen LogP contribution in [0.25, 0.3) is 0 Å². The summed E-state index contributed by atoms with van der Waals surface area (Å²) in [6, 6.07) is 0.0929. The SMILES string of the molecule is CC(CC(=O)N1CCCCCC1)NCC1(O)CCOC1. The standard InChI is InChI=1S/C15H28N2O3/c1-13(16-11-15(19)6-9-20-12-15)10-14(18)17-7-4-2-3-5-8-17/h13,16,19H,2-12H2,1H3. The first-order valence-corrected chi connectivity index (χ1v) is 7.90. The summed E-state index contributed by atoms with van der Waals surface area (Å²) in [6.07, 6.45) is 5.92. The molecule has 5 heteroatoms. The molecule has 2 unspecified atom stereocenters. The van der Waals surface area contributed by atoms with Crippen LogP contribution in [0.3, 0.4) is 0 Å². The van der Waals surface area contributed by atoms with Gasteiger partial charge in [0.1, 0.15) is 5.60 Å². The van der Waals surface area contributed by atoms with Gasteiger partial charge >= 0.3 is 0 Å². The molecular weight excluding hydrogens is 256 g/mol. The summed E-state index contributed by atoms with van der Waals surface area (Å²) in [6.45, 7) is 5.34. The van der Waals surface area contributed by atoms with E-state index in [9.17, 15) is 9.90 Å². The zero-order valence-corrected chi connectivity index (χ0v) is 12.6. The molecule has 116 valence electrons. The van der Waals surface area contributed by atoms with Crippen LogP contribution in [0.2, 0.25) is 0 Å². The Morgan fingerprint density at radius 1 is 1.35 bits per heavy atom. The second-order valence-electron chi connectivity index (χ2n) is 6.31. The monoisotopic (exact) mass is 284 g/mol. The number of ether oxygens (including phenoxy) is 1. The molecule has 5 nitrogen and oxygen atoms in total. The van der Waals surface area contributed by atoms with E-state index >= 15 is 0 Å². The first-order chi connectivity index (χ1) is 9.59. The Bertz CT molecular complexity index is 308. The van der Waals surface area contributed by atoms with Crippen molar-refractivity contribution in [2.75, 3.05) is 32.8 Å². The summed E-state index contributed by atoms with van der Waals surface area (Å²) in [5.74, 6) is 0.238. The van der Waals surface area contributed by atoms with Crippen molar-refractivity contribution in [2.24, 2.45) is 0 Å². The number of amides is 1. The zero-order chi connectivity index (χ0) is 14.4. The van der Waals surface area contributed by atoms with Crippen LogP contribution in [0.1, 0.15) is 45.4 Å². The van der Waals surface area contributed by atoms with Gasteiger partial charge in [-0.2, -0.15) is 0 Å². The van der Waals surface area contributed by atoms with Crippen LogP contribution in [0.15, 0.2) is 0 Å². The molecular formula is C15H28N2O3. The Balaban J connectivity index is 1.70. The number of hydrogen-bond acceptors (Lipinski definition) is 4. The second-order valence-corrected chi connectivity index (χ2v) is 6.31. The van der Waals surface area contributed by atoms with Crippen LogP contribution in [-0.4, -0.2) is 60.4 Å². The maximum Gasteiger partial charge on any atom is 0.224 e. The second kappa shape index (κ2) is 7.38. The maximum absolute atomic E-state index is 12.2. The molecule has 0 radical (unpaired) electrons. The van der Waals surface area contributed by atoms with Crippen molar-refractivity contribution in [1.82, 2.24) is 10.2 Å². The molecule has 0 aliphatic carbocycles. The highest BCUT2D eigenvalue weighted by molar-refractivity contribution is 5.76. The van der Waals surface area contributed by atoms with Crippen molar-refractivity contribution in [3.63, 3.8) is 0 Å². The highest BCUT2D eigenvalue weighted by Crippen LogP contribution is 2.17. The third-order valence-electron chi connectivity index (χ3n) is 4.30. The normalized spacial score (nSPS) is 29.2. The van der Waals surface area contributed by atoms with Gasteiger partial charge in [-0.05, 0) is 19.8 Å². The van der Waals surface area contributed by atoms with Gasteiger partial charge in [-0.1, -0.05) is 12.8 Å². The Morgan fingerprint density at radius 3 is 2.65 bits per heavy atom. The minimum absolute atomic E-state index is 0.0929. The van der Waals surface area contributed by atoms with Crippen molar-refractivity contribution >= 4 is 5.91 Å². The van der Waals surface area contributed by atoms with Crippen molar-refractivity contribution in [3.8, 4) is 0 Å². The lowest BCUT2D eigenvalue weighted by Gasteiger charge is -2.26. The first kappa shape index (κ1) is 15.7. The van der Waals surface area contributed by atoms with Crippen molar-refractivity contribution in [1.29, 1.82) is 0 Å². The van der Waals surface area contributed by atoms with E-state index in [-0.39, 0.29) is 11.9 Å². The Labute approximate surface area is 121 Å². The highest BCUT2D eigenvalue weighted by Gasteiger charge is 2.32. The number of likely N-dealkylation sites (tertiary alicyclic amines) is 1. The Morgan fingerprint density at radius 2 is 2.05 bits per heavy atom. The summed E-state index contributed by atoms with van der Waals surface area (Å²) in [4.78, 5) is 14.2. The third kappa shape index (κ3) is 4.72. The number of nitrogens with zero attached hydrogens (tertiary/aromatic N) is 1. The van der Waals surface area contributed by atoms with E-state index < -0.39 is 5.60 Å². The lowest BCUT2D eigenvalue weighted by molar-refractivity contribution is -0.131. The summed E-state index contributed by atoms with van der Waals surface area (Å²) in [7, 11) is 0. The summed E-state index contributed by atoms with van der Waals surface area (Å²) < 4.78 is 5.22. The average molecular weight is 284 g/mol. The molecule has 0 spiro atoms. The Kier molecular flexibility index (Phi) is 5.81. The minimum atomic E-state index is -0.750. The molecule has 20 heavy (non-hydrogen) atoms. The fourth-order valence-electron chi connectivity index (χ4n) is 2.88. The van der Waals surface area contributed by atoms with Gasteiger partial charge in [0.2, 0.25) is 5.91 Å². The molecule has 2 saturated heterocycles. The molecule has 0 aromatic rings. The van der Waals surface area contributed by atoms with Crippen molar-refractivity contribution in [2.45, 2.75) is 57.1 Å². The van der Waals surface area contributed by atoms with Crippen LogP contribution < -0.4 is 5.32 Å². The third-order valence-corrected chi connectivity index (χ3v) is 4.30. The largest absolute Gasteiger partial charge is 0.386 e. The lowest BCUT2D eigenvalue weighted by Crippen LogP contribution is -2.45. The first-order valence-electron chi connectivity index (χ1n) is 7.90. The van der Waals surface area contributed by atoms with Crippen LogP contribution >= 0.6 is 0 Å². The van der Waals surface area contributed by atoms with Crippen LogP contribution in [0, 0.1) is 0 Å². The van der Waals surface area contributed by atoms with Crippen LogP contribution in [-0.2, 0) is 9.53 Å². The van der Waals surface area contributed by atoms with Gasteiger partial charge in [0.05, 0.1) is 6.61 Å². The highest BCUT2D eigenvalue weighted by atomic mass is 16.5. The molecule has 2 atom stereocenters. The predicted molar refractivity (Wildman–Crippen MR) is 77.5 cm³/mol. The van der Waals surface area contributed by atoms with E-state index in [0.29, 0.717) is 32.6 Å². The molecule has 2 fully saturated rings. The van der Waals surface area contributed by atoms with E-state index in [4.69, 9.17) is 4.74 Å². The van der Waals surface area contributed by atoms with Crippen LogP contribution in [0.4, 0.5) is 0 Å². The lowest BCUT2D eigenvalue weighted by atomic mass is 10.0. The molecule has 0 aromatic carbocycles. The van der Waals surface area contributed by atoms with E-state index in [0.717, 1.165) is 25.9 Å². The van der Waals surface area contributed by atoms with Gasteiger partial charge in [-0.15, -0.1) is 0 Å². The summed E-state index contributed by atoms with van der Waals surface area (Å²) in [5, 5.41) is 13.5. The molecule has 1 amide bonds. The molecule has 0 aromatic heterocycles. The predicted octanol–water partition coefficient (Wildman–Crippen LogP) is 0.909. The smallest absolute Gasteiger partial charge is 0.224 e. The quantitative estimate of drug-likeness (QED) is 0.788. The van der Waals surface area contributed by atoms with Gasteiger partial charge in [0.25, 0.3) is 0 Å². The minimum Gasteiger partial charge on any atom is -0.386 e. The van der Waals surface area contributed by atoms with Gasteiger partial charge in [0, 0.05) is 45.1 Å². The molecule has 2 heterocycles. The van der Waals surface area contributed by atoms with Gasteiger partial charge in [-0.3, -0.25) is 4.79 Å². The number of rotatable bonds is 5. The average Bonchev–Trinajstić information content (AvgIpc) is 2.69. The molecule has 0 bridgehead atoms. The molecule has 0 saturated carbocycles. The molecule has 2 N–H and O–H groups in total. The van der Waals surface area contributed by atoms with E-state index in [1.165, 1.54) is 12.8 Å². The molecule has 2 aliphatic rings. The topological polar surface area (TPSA) is 61.8 Å². The van der Waals surface area contributed by atoms with E-state index in [1.54, 1.807) is 0 Å². The fourth-order valence-corrected chi connectivity index (χ4v) is 2.88. The van der Waals surface area contributed by atoms with E-state index in [1.807, 2.05) is 11.8 Å². The fraction of sp³-hybridized carbons (Fsp3) is 0.933. The number of nitrogens with one attached hydrogen (secondary N) is 1. The van der Waals surface area contributed by atoms with Crippen molar-refractivity contribution in [3.05, 3.63) is 0 Å².